The summed E-state index contributed by atoms with van der Waals surface area (Å²) in [4.78, 5) is 23.8. The second-order valence-electron chi connectivity index (χ2n) is 7.44. The zero-order valence-electron chi connectivity index (χ0n) is 18.3. The number of hydrogen-bond acceptors (Lipinski definition) is 7. The van der Waals surface area contributed by atoms with Crippen LogP contribution < -0.4 is 26.8 Å². The van der Waals surface area contributed by atoms with E-state index in [9.17, 15) is 9.59 Å². The molecule has 176 valence electrons. The van der Waals surface area contributed by atoms with Gasteiger partial charge >= 0.3 is 0 Å². The van der Waals surface area contributed by atoms with Gasteiger partial charge < -0.3 is 26.8 Å². The average molecular weight is 471 g/mol. The van der Waals surface area contributed by atoms with Crippen LogP contribution in [0.3, 0.4) is 0 Å². The van der Waals surface area contributed by atoms with Crippen molar-refractivity contribution in [1.82, 2.24) is 10.6 Å². The van der Waals surface area contributed by atoms with Gasteiger partial charge in [0.2, 0.25) is 11.8 Å². The Morgan fingerprint density at radius 2 is 1.74 bits per heavy atom. The van der Waals surface area contributed by atoms with Gasteiger partial charge in [0.05, 0.1) is 12.6 Å². The third-order valence-corrected chi connectivity index (χ3v) is 5.58. The average Bonchev–Trinajstić information content (AvgIpc) is 2.78. The van der Waals surface area contributed by atoms with E-state index in [0.29, 0.717) is 50.6 Å². The van der Waals surface area contributed by atoms with E-state index in [1.807, 2.05) is 18.2 Å². The molecular formula is C22H38N4O3S2. The van der Waals surface area contributed by atoms with Crippen LogP contribution in [0.15, 0.2) is 18.2 Å². The van der Waals surface area contributed by atoms with Gasteiger partial charge in [-0.3, -0.25) is 9.59 Å². The van der Waals surface area contributed by atoms with Gasteiger partial charge in [0.1, 0.15) is 12.4 Å². The molecule has 0 saturated heterocycles. The summed E-state index contributed by atoms with van der Waals surface area (Å²) in [6.45, 7) is 2.08. The highest BCUT2D eigenvalue weighted by molar-refractivity contribution is 7.79. The third kappa shape index (κ3) is 12.3. The molecule has 1 atom stereocenters. The molecule has 1 aromatic rings. The van der Waals surface area contributed by atoms with Gasteiger partial charge in [0, 0.05) is 24.5 Å². The first-order chi connectivity index (χ1) is 15.0. The number of nitrogens with one attached hydrogen (secondary N) is 2. The number of thiol groups is 2. The van der Waals surface area contributed by atoms with Crippen LogP contribution in [0.4, 0.5) is 0 Å². The number of carbonyl (C=O) groups excluding carboxylic acids is 2. The summed E-state index contributed by atoms with van der Waals surface area (Å²) in [5.74, 6) is 1.97. The molecule has 0 aliphatic heterocycles. The normalized spacial score (nSPS) is 11.7. The van der Waals surface area contributed by atoms with Crippen molar-refractivity contribution < 1.29 is 14.3 Å². The molecule has 6 N–H and O–H groups in total. The molecule has 0 aromatic heterocycles. The molecule has 7 nitrogen and oxygen atoms in total. The van der Waals surface area contributed by atoms with Crippen molar-refractivity contribution in [2.24, 2.45) is 11.5 Å². The van der Waals surface area contributed by atoms with Crippen LogP contribution in [0, 0.1) is 0 Å². The van der Waals surface area contributed by atoms with Crippen LogP contribution in [0.2, 0.25) is 0 Å². The Kier molecular flexibility index (Phi) is 15.3. The fraction of sp³-hybridized carbons (Fsp3) is 0.636. The number of carbonyl (C=O) groups is 2. The van der Waals surface area contributed by atoms with E-state index in [0.717, 1.165) is 49.0 Å². The standard InChI is InChI=1S/C22H38N4O3S2/c23-10-4-3-6-20(24)22(28)26-11-5-1-2-7-21(27)25-12-13-29-19-9-8-17(15-30)18(14-19)16-31/h8-9,14,20,30-31H,1-7,10-13,15-16,23-24H2,(H,25,27)(H,26,28)/t20-/m0/s1. The third-order valence-electron chi connectivity index (χ3n) is 4.90. The first-order valence-corrected chi connectivity index (χ1v) is 12.2. The highest BCUT2D eigenvalue weighted by atomic mass is 32.1. The Bertz CT molecular complexity index is 662. The number of amides is 2. The minimum absolute atomic E-state index is 0.0102. The van der Waals surface area contributed by atoms with Crippen molar-refractivity contribution in [3.05, 3.63) is 29.3 Å². The summed E-state index contributed by atoms with van der Waals surface area (Å²) in [6, 6.07) is 5.40. The fourth-order valence-electron chi connectivity index (χ4n) is 3.01. The van der Waals surface area contributed by atoms with Crippen LogP contribution in [0.1, 0.15) is 56.1 Å². The first-order valence-electron chi connectivity index (χ1n) is 11.0. The Labute approximate surface area is 197 Å². The van der Waals surface area contributed by atoms with Gasteiger partial charge in [-0.25, -0.2) is 0 Å². The Hall–Kier alpha value is -1.42. The maximum Gasteiger partial charge on any atom is 0.236 e. The topological polar surface area (TPSA) is 119 Å². The Balaban J connectivity index is 2.05. The van der Waals surface area contributed by atoms with Crippen molar-refractivity contribution in [2.45, 2.75) is 62.5 Å². The highest BCUT2D eigenvalue weighted by Gasteiger charge is 2.11. The summed E-state index contributed by atoms with van der Waals surface area (Å²) >= 11 is 8.63. The van der Waals surface area contributed by atoms with Crippen molar-refractivity contribution in [1.29, 1.82) is 0 Å². The van der Waals surface area contributed by atoms with Crippen LogP contribution in [0.25, 0.3) is 0 Å². The lowest BCUT2D eigenvalue weighted by Crippen LogP contribution is -2.40. The monoisotopic (exact) mass is 470 g/mol. The zero-order chi connectivity index (χ0) is 22.9. The number of benzene rings is 1. The molecule has 0 bridgehead atoms. The van der Waals surface area contributed by atoms with Gasteiger partial charge in [-0.1, -0.05) is 18.9 Å². The quantitative estimate of drug-likeness (QED) is 0.154. The van der Waals surface area contributed by atoms with E-state index >= 15 is 0 Å². The van der Waals surface area contributed by atoms with E-state index in [1.165, 1.54) is 0 Å². The minimum atomic E-state index is -0.468. The van der Waals surface area contributed by atoms with Gasteiger partial charge in [-0.2, -0.15) is 25.3 Å². The van der Waals surface area contributed by atoms with Gasteiger partial charge in [0.15, 0.2) is 0 Å². The van der Waals surface area contributed by atoms with Crippen LogP contribution in [0.5, 0.6) is 5.75 Å². The van der Waals surface area contributed by atoms with Gasteiger partial charge in [-0.05, 0) is 55.5 Å². The SMILES string of the molecule is NCCCC[C@H](N)C(=O)NCCCCCC(=O)NCCOc1ccc(CS)c(CS)c1. The van der Waals surface area contributed by atoms with E-state index in [4.69, 9.17) is 16.2 Å². The summed E-state index contributed by atoms with van der Waals surface area (Å²) < 4.78 is 5.70. The Morgan fingerprint density at radius 3 is 2.45 bits per heavy atom. The summed E-state index contributed by atoms with van der Waals surface area (Å²) in [6.07, 6.45) is 5.35. The predicted octanol–water partition coefficient (Wildman–Crippen LogP) is 2.17. The lowest BCUT2D eigenvalue weighted by atomic mass is 10.1. The van der Waals surface area contributed by atoms with Crippen LogP contribution in [-0.2, 0) is 21.1 Å². The zero-order valence-corrected chi connectivity index (χ0v) is 20.1. The van der Waals surface area contributed by atoms with Gasteiger partial charge in [0.25, 0.3) is 0 Å². The van der Waals surface area contributed by atoms with E-state index < -0.39 is 6.04 Å². The smallest absolute Gasteiger partial charge is 0.236 e. The second kappa shape index (κ2) is 17.2. The summed E-state index contributed by atoms with van der Waals surface area (Å²) in [7, 11) is 0. The van der Waals surface area contributed by atoms with Crippen molar-refractivity contribution >= 4 is 37.1 Å². The number of ether oxygens (including phenoxy) is 1. The van der Waals surface area contributed by atoms with Crippen LogP contribution in [-0.4, -0.2) is 44.1 Å². The molecule has 0 spiro atoms. The molecule has 0 aliphatic carbocycles. The molecule has 31 heavy (non-hydrogen) atoms. The predicted molar refractivity (Wildman–Crippen MR) is 133 cm³/mol. The Morgan fingerprint density at radius 1 is 0.968 bits per heavy atom. The highest BCUT2D eigenvalue weighted by Crippen LogP contribution is 2.20. The van der Waals surface area contributed by atoms with E-state index in [2.05, 4.69) is 35.9 Å². The molecule has 0 fully saturated rings. The van der Waals surface area contributed by atoms with E-state index in [1.54, 1.807) is 0 Å². The lowest BCUT2D eigenvalue weighted by molar-refractivity contribution is -0.123. The molecule has 0 unspecified atom stereocenters. The second-order valence-corrected chi connectivity index (χ2v) is 8.07. The number of nitrogens with two attached hydrogens (primary N) is 2. The molecule has 1 aromatic carbocycles. The van der Waals surface area contributed by atoms with Crippen molar-refractivity contribution in [3.8, 4) is 5.75 Å². The van der Waals surface area contributed by atoms with Crippen molar-refractivity contribution in [3.63, 3.8) is 0 Å². The van der Waals surface area contributed by atoms with E-state index in [-0.39, 0.29) is 11.8 Å². The summed E-state index contributed by atoms with van der Waals surface area (Å²) in [5, 5.41) is 5.71. The minimum Gasteiger partial charge on any atom is -0.492 e. The largest absolute Gasteiger partial charge is 0.492 e. The molecular weight excluding hydrogens is 432 g/mol. The molecule has 0 radical (unpaired) electrons. The maximum absolute atomic E-state index is 11.9. The van der Waals surface area contributed by atoms with Crippen LogP contribution >= 0.6 is 25.3 Å². The fourth-order valence-corrected chi connectivity index (χ4v) is 3.61. The molecule has 0 aliphatic rings. The van der Waals surface area contributed by atoms with Gasteiger partial charge in [-0.15, -0.1) is 0 Å². The van der Waals surface area contributed by atoms with Crippen molar-refractivity contribution in [2.75, 3.05) is 26.2 Å². The number of unbranched alkanes of at least 4 members (excludes halogenated alkanes) is 3. The molecule has 2 amide bonds. The molecule has 0 saturated carbocycles. The maximum atomic E-state index is 11.9. The molecule has 0 heterocycles. The number of hydrogen-bond donors (Lipinski definition) is 6. The summed E-state index contributed by atoms with van der Waals surface area (Å²) in [5.41, 5.74) is 13.5. The lowest BCUT2D eigenvalue weighted by Gasteiger charge is -2.12. The first kappa shape index (κ1) is 27.6. The number of rotatable bonds is 17. The molecule has 9 heteroatoms. The molecule has 1 rings (SSSR count).